The topological polar surface area (TPSA) is 16.4 Å². The van der Waals surface area contributed by atoms with E-state index in [0.717, 1.165) is 44.4 Å². The lowest BCUT2D eigenvalue weighted by Crippen LogP contribution is -2.16. The van der Waals surface area contributed by atoms with E-state index in [4.69, 9.17) is 4.42 Å². The van der Waals surface area contributed by atoms with Crippen LogP contribution in [0.1, 0.15) is 25.0 Å². The SMILES string of the molecule is CC1(C)c2ccccc2-c2c(N(c3ccc(-c4ccc5ccccc5c4)cc3)c3ccc4c(c3)oc3c5ccccc5ccc43)cccc21. The van der Waals surface area contributed by atoms with Gasteiger partial charge in [0.05, 0.1) is 5.69 Å². The number of rotatable bonds is 4. The molecule has 2 heteroatoms. The largest absolute Gasteiger partial charge is 0.455 e. The van der Waals surface area contributed by atoms with Gasteiger partial charge in [0.15, 0.2) is 0 Å². The fourth-order valence-corrected chi connectivity index (χ4v) is 8.15. The summed E-state index contributed by atoms with van der Waals surface area (Å²) in [6, 6.07) is 59.5. The molecular formula is C47H33NO. The van der Waals surface area contributed by atoms with Crippen molar-refractivity contribution in [2.24, 2.45) is 0 Å². The zero-order valence-corrected chi connectivity index (χ0v) is 27.4. The minimum atomic E-state index is -0.0999. The molecular weight excluding hydrogens is 595 g/mol. The molecule has 2 nitrogen and oxygen atoms in total. The molecule has 1 aliphatic carbocycles. The number of anilines is 3. The van der Waals surface area contributed by atoms with Gasteiger partial charge in [0.2, 0.25) is 0 Å². The fraction of sp³-hybridized carbons (Fsp3) is 0.0638. The molecule has 0 unspecified atom stereocenters. The predicted octanol–water partition coefficient (Wildman–Crippen LogP) is 13.3. The molecule has 0 atom stereocenters. The number of fused-ring (bicyclic) bond motifs is 9. The molecule has 49 heavy (non-hydrogen) atoms. The maximum Gasteiger partial charge on any atom is 0.143 e. The van der Waals surface area contributed by atoms with Gasteiger partial charge in [-0.2, -0.15) is 0 Å². The van der Waals surface area contributed by atoms with Crippen LogP contribution in [-0.4, -0.2) is 0 Å². The molecule has 0 spiro atoms. The number of benzene rings is 8. The van der Waals surface area contributed by atoms with Crippen LogP contribution in [0.4, 0.5) is 17.1 Å². The summed E-state index contributed by atoms with van der Waals surface area (Å²) in [6.45, 7) is 4.68. The van der Waals surface area contributed by atoms with Gasteiger partial charge >= 0.3 is 0 Å². The number of furan rings is 1. The molecule has 0 radical (unpaired) electrons. The Morgan fingerprint density at radius 2 is 1.14 bits per heavy atom. The van der Waals surface area contributed by atoms with Crippen molar-refractivity contribution in [2.45, 2.75) is 19.3 Å². The van der Waals surface area contributed by atoms with Gasteiger partial charge in [0, 0.05) is 44.6 Å². The van der Waals surface area contributed by atoms with Gasteiger partial charge in [0.1, 0.15) is 11.2 Å². The van der Waals surface area contributed by atoms with Crippen molar-refractivity contribution >= 4 is 60.5 Å². The first-order valence-electron chi connectivity index (χ1n) is 17.0. The van der Waals surface area contributed by atoms with Gasteiger partial charge in [-0.05, 0) is 86.4 Å². The zero-order valence-electron chi connectivity index (χ0n) is 27.4. The van der Waals surface area contributed by atoms with Crippen molar-refractivity contribution in [3.8, 4) is 22.3 Å². The molecule has 0 amide bonds. The van der Waals surface area contributed by atoms with E-state index in [1.807, 2.05) is 0 Å². The second-order valence-corrected chi connectivity index (χ2v) is 13.8. The maximum absolute atomic E-state index is 6.70. The summed E-state index contributed by atoms with van der Waals surface area (Å²) in [4.78, 5) is 2.41. The van der Waals surface area contributed by atoms with E-state index in [-0.39, 0.29) is 5.41 Å². The number of hydrogen-bond donors (Lipinski definition) is 0. The summed E-state index contributed by atoms with van der Waals surface area (Å²) in [5, 5.41) is 7.09. The normalized spacial score (nSPS) is 13.3. The van der Waals surface area contributed by atoms with Crippen molar-refractivity contribution in [2.75, 3.05) is 4.90 Å². The van der Waals surface area contributed by atoms with E-state index < -0.39 is 0 Å². The van der Waals surface area contributed by atoms with Crippen LogP contribution in [0.25, 0.3) is 65.7 Å². The van der Waals surface area contributed by atoms with E-state index in [1.54, 1.807) is 0 Å². The van der Waals surface area contributed by atoms with Gasteiger partial charge < -0.3 is 9.32 Å². The zero-order chi connectivity index (χ0) is 32.7. The first-order chi connectivity index (χ1) is 24.0. The monoisotopic (exact) mass is 627 g/mol. The smallest absolute Gasteiger partial charge is 0.143 e. The molecule has 1 aliphatic rings. The van der Waals surface area contributed by atoms with E-state index in [9.17, 15) is 0 Å². The highest BCUT2D eigenvalue weighted by atomic mass is 16.3. The summed E-state index contributed by atoms with van der Waals surface area (Å²) in [7, 11) is 0. The summed E-state index contributed by atoms with van der Waals surface area (Å²) in [5.41, 5.74) is 12.7. The molecule has 1 aromatic heterocycles. The Hall–Kier alpha value is -6.12. The maximum atomic E-state index is 6.70. The highest BCUT2D eigenvalue weighted by Gasteiger charge is 2.37. The Morgan fingerprint density at radius 1 is 0.469 bits per heavy atom. The quantitative estimate of drug-likeness (QED) is 0.193. The third-order valence-electron chi connectivity index (χ3n) is 10.6. The van der Waals surface area contributed by atoms with Crippen molar-refractivity contribution < 1.29 is 4.42 Å². The van der Waals surface area contributed by atoms with Crippen LogP contribution in [-0.2, 0) is 5.41 Å². The van der Waals surface area contributed by atoms with E-state index in [1.165, 1.54) is 49.5 Å². The molecule has 10 rings (SSSR count). The highest BCUT2D eigenvalue weighted by Crippen LogP contribution is 2.54. The second-order valence-electron chi connectivity index (χ2n) is 13.8. The van der Waals surface area contributed by atoms with Crippen molar-refractivity contribution in [1.29, 1.82) is 0 Å². The summed E-state index contributed by atoms with van der Waals surface area (Å²) in [5.74, 6) is 0. The van der Waals surface area contributed by atoms with E-state index >= 15 is 0 Å². The molecule has 0 fully saturated rings. The predicted molar refractivity (Wildman–Crippen MR) is 206 cm³/mol. The Kier molecular flexibility index (Phi) is 5.95. The molecule has 0 N–H and O–H groups in total. The first-order valence-corrected chi connectivity index (χ1v) is 17.0. The highest BCUT2D eigenvalue weighted by molar-refractivity contribution is 6.15. The number of hydrogen-bond acceptors (Lipinski definition) is 2. The van der Waals surface area contributed by atoms with Gasteiger partial charge in [-0.1, -0.05) is 129 Å². The molecule has 0 saturated heterocycles. The van der Waals surface area contributed by atoms with Crippen LogP contribution >= 0.6 is 0 Å². The third-order valence-corrected chi connectivity index (χ3v) is 10.6. The second kappa shape index (κ2) is 10.4. The lowest BCUT2D eigenvalue weighted by atomic mass is 9.82. The minimum absolute atomic E-state index is 0.0999. The Bertz CT molecular complexity index is 2750. The Morgan fingerprint density at radius 3 is 2.02 bits per heavy atom. The van der Waals surface area contributed by atoms with Gasteiger partial charge in [0.25, 0.3) is 0 Å². The Labute approximate surface area is 285 Å². The number of nitrogens with zero attached hydrogens (tertiary/aromatic N) is 1. The summed E-state index contributed by atoms with van der Waals surface area (Å²) < 4.78 is 6.70. The molecule has 0 aliphatic heterocycles. The first kappa shape index (κ1) is 27.9. The lowest BCUT2D eigenvalue weighted by molar-refractivity contribution is 0.660. The van der Waals surface area contributed by atoms with Crippen LogP contribution < -0.4 is 4.90 Å². The molecule has 8 aromatic carbocycles. The average molecular weight is 628 g/mol. The molecule has 1 heterocycles. The van der Waals surface area contributed by atoms with E-state index in [0.29, 0.717) is 0 Å². The molecule has 0 saturated carbocycles. The molecule has 232 valence electrons. The van der Waals surface area contributed by atoms with Crippen LogP contribution in [0.2, 0.25) is 0 Å². The van der Waals surface area contributed by atoms with Crippen LogP contribution in [0.3, 0.4) is 0 Å². The van der Waals surface area contributed by atoms with Gasteiger partial charge in [-0.3, -0.25) is 0 Å². The molecule has 9 aromatic rings. The van der Waals surface area contributed by atoms with E-state index in [2.05, 4.69) is 183 Å². The van der Waals surface area contributed by atoms with Crippen molar-refractivity contribution in [3.05, 3.63) is 175 Å². The Balaban J connectivity index is 1.18. The third kappa shape index (κ3) is 4.20. The molecule has 0 bridgehead atoms. The van der Waals surface area contributed by atoms with Crippen LogP contribution in [0.5, 0.6) is 0 Å². The summed E-state index contributed by atoms with van der Waals surface area (Å²) in [6.07, 6.45) is 0. The summed E-state index contributed by atoms with van der Waals surface area (Å²) >= 11 is 0. The standard InChI is InChI=1S/C47H33NO/c1-47(2)41-15-8-7-14-40(41)45-42(47)16-9-17-43(45)48(35-23-20-31(21-24-35)34-19-18-30-10-3-4-12-33(30)28-34)36-25-27-38-39-26-22-32-11-5-6-13-37(32)46(39)49-44(38)29-36/h3-29H,1-2H3. The average Bonchev–Trinajstić information content (AvgIpc) is 3.64. The van der Waals surface area contributed by atoms with Gasteiger partial charge in [-0.15, -0.1) is 0 Å². The van der Waals surface area contributed by atoms with Crippen molar-refractivity contribution in [3.63, 3.8) is 0 Å². The van der Waals surface area contributed by atoms with Crippen LogP contribution in [0.15, 0.2) is 168 Å². The fourth-order valence-electron chi connectivity index (χ4n) is 8.15. The minimum Gasteiger partial charge on any atom is -0.455 e. The van der Waals surface area contributed by atoms with Crippen LogP contribution in [0, 0.1) is 0 Å². The lowest BCUT2D eigenvalue weighted by Gasteiger charge is -2.29. The van der Waals surface area contributed by atoms with Crippen molar-refractivity contribution in [1.82, 2.24) is 0 Å². The van der Waals surface area contributed by atoms with Gasteiger partial charge in [-0.25, -0.2) is 0 Å².